The van der Waals surface area contributed by atoms with Crippen LogP contribution in [0.4, 0.5) is 14.5 Å². The van der Waals surface area contributed by atoms with Gasteiger partial charge in [-0.1, -0.05) is 0 Å². The highest BCUT2D eigenvalue weighted by molar-refractivity contribution is 5.97. The number of amides is 1. The Bertz CT molecular complexity index is 652. The lowest BCUT2D eigenvalue weighted by molar-refractivity contribution is -0.117. The third-order valence-electron chi connectivity index (χ3n) is 3.48. The smallest absolute Gasteiger partial charge is 0.263 e. The van der Waals surface area contributed by atoms with E-state index in [1.807, 2.05) is 0 Å². The minimum absolute atomic E-state index is 0.149. The van der Waals surface area contributed by atoms with Crippen molar-refractivity contribution in [2.24, 2.45) is 0 Å². The monoisotopic (exact) mass is 336 g/mol. The van der Waals surface area contributed by atoms with Crippen LogP contribution < -0.4 is 10.6 Å². The molecule has 6 nitrogen and oxygen atoms in total. The Morgan fingerprint density at radius 2 is 2.12 bits per heavy atom. The van der Waals surface area contributed by atoms with Crippen LogP contribution in [0.2, 0.25) is 0 Å². The van der Waals surface area contributed by atoms with Gasteiger partial charge >= 0.3 is 0 Å². The molecule has 0 spiro atoms. The second kappa shape index (κ2) is 8.96. The van der Waals surface area contributed by atoms with E-state index >= 15 is 0 Å². The van der Waals surface area contributed by atoms with Crippen LogP contribution in [-0.2, 0) is 9.53 Å². The molecule has 24 heavy (non-hydrogen) atoms. The standard InChI is InChI=1S/C16H18F2N4O2/c17-13-1-2-14(18)15(9-13)21-11-12(10-19)16(23)20-3-4-22-5-7-24-8-6-22/h1-2,9,11,21H,3-8H2,(H,20,23)/b12-11-. The Labute approximate surface area is 138 Å². The van der Waals surface area contributed by atoms with Crippen LogP contribution in [0.15, 0.2) is 30.0 Å². The van der Waals surface area contributed by atoms with E-state index in [0.717, 1.165) is 37.5 Å². The van der Waals surface area contributed by atoms with Crippen LogP contribution >= 0.6 is 0 Å². The molecule has 0 bridgehead atoms. The predicted molar refractivity (Wildman–Crippen MR) is 83.9 cm³/mol. The number of nitrogens with zero attached hydrogens (tertiary/aromatic N) is 2. The van der Waals surface area contributed by atoms with Gasteiger partial charge in [0.05, 0.1) is 18.9 Å². The summed E-state index contributed by atoms with van der Waals surface area (Å²) in [6, 6.07) is 4.61. The largest absolute Gasteiger partial charge is 0.379 e. The van der Waals surface area contributed by atoms with Crippen LogP contribution in [0.25, 0.3) is 0 Å². The van der Waals surface area contributed by atoms with Gasteiger partial charge in [0, 0.05) is 38.4 Å². The van der Waals surface area contributed by atoms with Crippen LogP contribution in [0.3, 0.4) is 0 Å². The fraction of sp³-hybridized carbons (Fsp3) is 0.375. The highest BCUT2D eigenvalue weighted by Gasteiger charge is 2.12. The number of nitrogens with one attached hydrogen (secondary N) is 2. The molecule has 0 unspecified atom stereocenters. The summed E-state index contributed by atoms with van der Waals surface area (Å²) in [6.07, 6.45) is 1.06. The van der Waals surface area contributed by atoms with Crippen molar-refractivity contribution in [3.8, 4) is 6.07 Å². The summed E-state index contributed by atoms with van der Waals surface area (Å²) < 4.78 is 31.8. The summed E-state index contributed by atoms with van der Waals surface area (Å²) in [4.78, 5) is 14.1. The van der Waals surface area contributed by atoms with Gasteiger partial charge in [-0.15, -0.1) is 0 Å². The predicted octanol–water partition coefficient (Wildman–Crippen LogP) is 1.23. The third kappa shape index (κ3) is 5.30. The molecular formula is C16H18F2N4O2. The van der Waals surface area contributed by atoms with E-state index in [2.05, 4.69) is 15.5 Å². The molecule has 0 radical (unpaired) electrons. The lowest BCUT2D eigenvalue weighted by atomic mass is 10.2. The average Bonchev–Trinajstić information content (AvgIpc) is 2.59. The fourth-order valence-electron chi connectivity index (χ4n) is 2.15. The van der Waals surface area contributed by atoms with Crippen molar-refractivity contribution >= 4 is 11.6 Å². The molecule has 2 rings (SSSR count). The Morgan fingerprint density at radius 3 is 2.83 bits per heavy atom. The van der Waals surface area contributed by atoms with Gasteiger partial charge in [0.1, 0.15) is 23.3 Å². The molecule has 1 aliphatic heterocycles. The summed E-state index contributed by atoms with van der Waals surface area (Å²) >= 11 is 0. The summed E-state index contributed by atoms with van der Waals surface area (Å²) in [5, 5.41) is 14.1. The van der Waals surface area contributed by atoms with Crippen molar-refractivity contribution < 1.29 is 18.3 Å². The molecular weight excluding hydrogens is 318 g/mol. The van der Waals surface area contributed by atoms with E-state index in [4.69, 9.17) is 10.00 Å². The summed E-state index contributed by atoms with van der Waals surface area (Å²) in [5.41, 5.74) is -0.371. The van der Waals surface area contributed by atoms with Gasteiger partial charge in [-0.3, -0.25) is 9.69 Å². The van der Waals surface area contributed by atoms with E-state index in [9.17, 15) is 13.6 Å². The van der Waals surface area contributed by atoms with Crippen LogP contribution in [0.1, 0.15) is 0 Å². The van der Waals surface area contributed by atoms with Crippen molar-refractivity contribution in [2.75, 3.05) is 44.7 Å². The zero-order valence-corrected chi connectivity index (χ0v) is 13.0. The maximum absolute atomic E-state index is 13.5. The molecule has 0 saturated carbocycles. The molecule has 0 aliphatic carbocycles. The minimum atomic E-state index is -0.683. The lowest BCUT2D eigenvalue weighted by Gasteiger charge is -2.26. The Morgan fingerprint density at radius 1 is 1.38 bits per heavy atom. The van der Waals surface area contributed by atoms with Gasteiger partial charge in [-0.25, -0.2) is 8.78 Å². The maximum Gasteiger partial charge on any atom is 0.263 e. The number of morpholine rings is 1. The van der Waals surface area contributed by atoms with E-state index in [-0.39, 0.29) is 11.3 Å². The van der Waals surface area contributed by atoms with Gasteiger partial charge in [0.15, 0.2) is 0 Å². The number of hydrogen-bond donors (Lipinski definition) is 2. The first-order chi connectivity index (χ1) is 11.6. The summed E-state index contributed by atoms with van der Waals surface area (Å²) in [6.45, 7) is 3.97. The molecule has 0 aromatic heterocycles. The van der Waals surface area contributed by atoms with Crippen LogP contribution in [-0.4, -0.2) is 50.2 Å². The molecule has 1 amide bonds. The van der Waals surface area contributed by atoms with Crippen LogP contribution in [0, 0.1) is 23.0 Å². The van der Waals surface area contributed by atoms with Crippen molar-refractivity contribution in [2.45, 2.75) is 0 Å². The van der Waals surface area contributed by atoms with Crippen molar-refractivity contribution in [1.29, 1.82) is 5.26 Å². The van der Waals surface area contributed by atoms with E-state index in [0.29, 0.717) is 26.3 Å². The summed E-state index contributed by atoms with van der Waals surface area (Å²) in [5.74, 6) is -1.88. The number of carbonyl (C=O) groups is 1. The zero-order valence-electron chi connectivity index (χ0n) is 13.0. The van der Waals surface area contributed by atoms with Gasteiger partial charge in [-0.05, 0) is 12.1 Å². The summed E-state index contributed by atoms with van der Waals surface area (Å²) in [7, 11) is 0. The van der Waals surface area contributed by atoms with Crippen molar-refractivity contribution in [3.63, 3.8) is 0 Å². The molecule has 0 atom stereocenters. The molecule has 1 saturated heterocycles. The Kier molecular flexibility index (Phi) is 6.66. The maximum atomic E-state index is 13.5. The second-order valence-corrected chi connectivity index (χ2v) is 5.15. The Balaban J connectivity index is 1.86. The van der Waals surface area contributed by atoms with Gasteiger partial charge < -0.3 is 15.4 Å². The highest BCUT2D eigenvalue weighted by atomic mass is 19.1. The molecule has 1 heterocycles. The van der Waals surface area contributed by atoms with Crippen molar-refractivity contribution in [1.82, 2.24) is 10.2 Å². The van der Waals surface area contributed by atoms with Gasteiger partial charge in [0.25, 0.3) is 5.91 Å². The van der Waals surface area contributed by atoms with E-state index in [1.165, 1.54) is 0 Å². The molecule has 1 aliphatic rings. The first kappa shape index (κ1) is 17.8. The number of halogens is 2. The highest BCUT2D eigenvalue weighted by Crippen LogP contribution is 2.15. The number of carbonyl (C=O) groups excluding carboxylic acids is 1. The first-order valence-electron chi connectivity index (χ1n) is 7.50. The van der Waals surface area contributed by atoms with Gasteiger partial charge in [0.2, 0.25) is 0 Å². The molecule has 1 aromatic rings. The third-order valence-corrected chi connectivity index (χ3v) is 3.48. The number of benzene rings is 1. The lowest BCUT2D eigenvalue weighted by Crippen LogP contribution is -2.41. The molecule has 2 N–H and O–H groups in total. The van der Waals surface area contributed by atoms with E-state index < -0.39 is 17.5 Å². The second-order valence-electron chi connectivity index (χ2n) is 5.15. The average molecular weight is 336 g/mol. The topological polar surface area (TPSA) is 77.4 Å². The number of hydrogen-bond acceptors (Lipinski definition) is 5. The van der Waals surface area contributed by atoms with Crippen molar-refractivity contribution in [3.05, 3.63) is 41.6 Å². The quantitative estimate of drug-likeness (QED) is 0.604. The number of rotatable bonds is 6. The minimum Gasteiger partial charge on any atom is -0.379 e. The molecule has 1 fully saturated rings. The van der Waals surface area contributed by atoms with Gasteiger partial charge in [-0.2, -0.15) is 5.26 Å². The number of ether oxygens (including phenoxy) is 1. The Hall–Kier alpha value is -2.50. The number of anilines is 1. The van der Waals surface area contributed by atoms with E-state index in [1.54, 1.807) is 6.07 Å². The molecule has 128 valence electrons. The molecule has 1 aromatic carbocycles. The SMILES string of the molecule is N#C/C(=C/Nc1cc(F)ccc1F)C(=O)NCCN1CCOCC1. The zero-order chi connectivity index (χ0) is 17.4. The fourth-order valence-corrected chi connectivity index (χ4v) is 2.15. The first-order valence-corrected chi connectivity index (χ1v) is 7.50. The molecule has 8 heteroatoms. The normalized spacial score (nSPS) is 15.6. The van der Waals surface area contributed by atoms with Crippen LogP contribution in [0.5, 0.6) is 0 Å². The number of nitriles is 1.